The van der Waals surface area contributed by atoms with E-state index < -0.39 is 9.84 Å². The molecule has 1 aliphatic heterocycles. The number of hydrogen-bond acceptors (Lipinski definition) is 6. The van der Waals surface area contributed by atoms with Crippen LogP contribution in [-0.4, -0.2) is 42.4 Å². The van der Waals surface area contributed by atoms with E-state index in [-0.39, 0.29) is 23.6 Å². The summed E-state index contributed by atoms with van der Waals surface area (Å²) in [6.07, 6.45) is 0. The molecule has 2 unspecified atom stereocenters. The molecule has 0 aromatic carbocycles. The predicted molar refractivity (Wildman–Crippen MR) is 73.2 cm³/mol. The first-order valence-electron chi connectivity index (χ1n) is 6.02. The minimum Gasteiger partial charge on any atom is -0.322 e. The van der Waals surface area contributed by atoms with Crippen molar-refractivity contribution < 1.29 is 8.42 Å². The maximum atomic E-state index is 11.5. The van der Waals surface area contributed by atoms with Crippen molar-refractivity contribution in [3.05, 3.63) is 16.1 Å². The molecule has 2 atom stereocenters. The molecule has 0 spiro atoms. The Hall–Kier alpha value is -0.500. The van der Waals surface area contributed by atoms with E-state index in [2.05, 4.69) is 9.88 Å². The van der Waals surface area contributed by atoms with E-state index in [1.165, 1.54) is 0 Å². The van der Waals surface area contributed by atoms with Crippen molar-refractivity contribution in [2.45, 2.75) is 32.5 Å². The maximum Gasteiger partial charge on any atom is 0.153 e. The quantitative estimate of drug-likeness (QED) is 0.890. The Kier molecular flexibility index (Phi) is 4.05. The number of hydrogen-bond donors (Lipinski definition) is 1. The Morgan fingerprint density at radius 2 is 2.39 bits per heavy atom. The van der Waals surface area contributed by atoms with E-state index in [9.17, 15) is 8.42 Å². The molecule has 5 nitrogen and oxygen atoms in total. The average Bonchev–Trinajstić information content (AvgIpc) is 2.70. The van der Waals surface area contributed by atoms with Crippen LogP contribution in [-0.2, 0) is 16.4 Å². The molecule has 0 bridgehead atoms. The van der Waals surface area contributed by atoms with Crippen LogP contribution in [0.4, 0.5) is 0 Å². The molecule has 2 heterocycles. The molecule has 18 heavy (non-hydrogen) atoms. The Bertz CT molecular complexity index is 510. The maximum absolute atomic E-state index is 11.5. The molecule has 0 amide bonds. The number of sulfone groups is 1. The van der Waals surface area contributed by atoms with E-state index >= 15 is 0 Å². The monoisotopic (exact) mass is 289 g/mol. The van der Waals surface area contributed by atoms with E-state index in [1.54, 1.807) is 11.3 Å². The number of rotatable bonds is 3. The van der Waals surface area contributed by atoms with Crippen LogP contribution in [0.1, 0.15) is 30.6 Å². The van der Waals surface area contributed by atoms with Gasteiger partial charge >= 0.3 is 0 Å². The largest absolute Gasteiger partial charge is 0.322 e. The lowest BCUT2D eigenvalue weighted by Crippen LogP contribution is -2.46. The summed E-state index contributed by atoms with van der Waals surface area (Å²) >= 11 is 1.57. The summed E-state index contributed by atoms with van der Waals surface area (Å²) in [6, 6.07) is 0.0205. The van der Waals surface area contributed by atoms with Crippen LogP contribution in [0.25, 0.3) is 0 Å². The van der Waals surface area contributed by atoms with Gasteiger partial charge in [-0.05, 0) is 13.8 Å². The van der Waals surface area contributed by atoms with Crippen molar-refractivity contribution in [1.82, 2.24) is 9.88 Å². The van der Waals surface area contributed by atoms with Crippen LogP contribution in [0, 0.1) is 0 Å². The third-order valence-electron chi connectivity index (χ3n) is 3.13. The van der Waals surface area contributed by atoms with Crippen molar-refractivity contribution in [3.63, 3.8) is 0 Å². The lowest BCUT2D eigenvalue weighted by atomic mass is 10.3. The zero-order chi connectivity index (χ0) is 13.3. The molecular formula is C11H19N3O2S2. The SMILES string of the molecule is CC(N)c1nc(CN2CCS(=O)(=O)CC2C)cs1. The highest BCUT2D eigenvalue weighted by molar-refractivity contribution is 7.91. The highest BCUT2D eigenvalue weighted by Gasteiger charge is 2.28. The van der Waals surface area contributed by atoms with Crippen LogP contribution < -0.4 is 5.73 Å². The lowest BCUT2D eigenvalue weighted by Gasteiger charge is -2.32. The topological polar surface area (TPSA) is 76.3 Å². The molecule has 1 aromatic heterocycles. The molecule has 2 N–H and O–H groups in total. The fourth-order valence-corrected chi connectivity index (χ4v) is 4.47. The van der Waals surface area contributed by atoms with Gasteiger partial charge < -0.3 is 5.73 Å². The molecule has 1 saturated heterocycles. The minimum absolute atomic E-state index is 0.0390. The number of nitrogens with zero attached hydrogens (tertiary/aromatic N) is 2. The van der Waals surface area contributed by atoms with Crippen molar-refractivity contribution in [2.75, 3.05) is 18.1 Å². The molecule has 0 radical (unpaired) electrons. The normalized spacial score (nSPS) is 26.1. The van der Waals surface area contributed by atoms with E-state index in [0.717, 1.165) is 10.7 Å². The molecule has 2 rings (SSSR count). The first-order chi connectivity index (χ1) is 8.37. The van der Waals surface area contributed by atoms with Gasteiger partial charge in [0.25, 0.3) is 0 Å². The zero-order valence-electron chi connectivity index (χ0n) is 10.7. The summed E-state index contributed by atoms with van der Waals surface area (Å²) in [5.41, 5.74) is 6.76. The van der Waals surface area contributed by atoms with Gasteiger partial charge in [-0.25, -0.2) is 13.4 Å². The van der Waals surface area contributed by atoms with Gasteiger partial charge in [-0.2, -0.15) is 0 Å². The molecule has 1 aliphatic rings. The van der Waals surface area contributed by atoms with Crippen molar-refractivity contribution in [1.29, 1.82) is 0 Å². The summed E-state index contributed by atoms with van der Waals surface area (Å²) in [5.74, 6) is 0.499. The molecule has 1 fully saturated rings. The average molecular weight is 289 g/mol. The predicted octanol–water partition coefficient (Wildman–Crippen LogP) is 0.782. The molecule has 7 heteroatoms. The van der Waals surface area contributed by atoms with Gasteiger partial charge in [-0.15, -0.1) is 11.3 Å². The number of nitrogens with two attached hydrogens (primary N) is 1. The second-order valence-corrected chi connectivity index (χ2v) is 8.02. The van der Waals surface area contributed by atoms with Gasteiger partial charge in [0, 0.05) is 24.5 Å². The standard InChI is InChI=1S/C11H19N3O2S2/c1-8-7-18(15,16)4-3-14(8)5-10-6-17-11(13-10)9(2)12/h6,8-9H,3-5,7,12H2,1-2H3. The first-order valence-corrected chi connectivity index (χ1v) is 8.72. The first kappa shape index (κ1) is 13.9. The van der Waals surface area contributed by atoms with E-state index in [0.29, 0.717) is 13.1 Å². The van der Waals surface area contributed by atoms with Crippen LogP contribution in [0.15, 0.2) is 5.38 Å². The summed E-state index contributed by atoms with van der Waals surface area (Å²) in [5, 5.41) is 2.94. The third-order valence-corrected chi connectivity index (χ3v) is 6.02. The van der Waals surface area contributed by atoms with Crippen molar-refractivity contribution in [3.8, 4) is 0 Å². The molecule has 0 saturated carbocycles. The summed E-state index contributed by atoms with van der Waals surface area (Å²) in [4.78, 5) is 6.64. The molecule has 0 aliphatic carbocycles. The Morgan fingerprint density at radius 1 is 1.67 bits per heavy atom. The zero-order valence-corrected chi connectivity index (χ0v) is 12.3. The van der Waals surface area contributed by atoms with Gasteiger partial charge in [0.15, 0.2) is 9.84 Å². The van der Waals surface area contributed by atoms with Gasteiger partial charge in [-0.1, -0.05) is 0 Å². The highest BCUT2D eigenvalue weighted by Crippen LogP contribution is 2.19. The van der Waals surface area contributed by atoms with Crippen molar-refractivity contribution in [2.24, 2.45) is 5.73 Å². The molecule has 102 valence electrons. The number of aromatic nitrogens is 1. The molecule has 1 aromatic rings. The summed E-state index contributed by atoms with van der Waals surface area (Å²) in [7, 11) is -2.84. The van der Waals surface area contributed by atoms with Gasteiger partial charge in [0.2, 0.25) is 0 Å². The van der Waals surface area contributed by atoms with Crippen LogP contribution in [0.3, 0.4) is 0 Å². The smallest absolute Gasteiger partial charge is 0.153 e. The Balaban J connectivity index is 2.01. The van der Waals surface area contributed by atoms with Gasteiger partial charge in [-0.3, -0.25) is 4.90 Å². The highest BCUT2D eigenvalue weighted by atomic mass is 32.2. The fraction of sp³-hybridized carbons (Fsp3) is 0.727. The van der Waals surface area contributed by atoms with Crippen molar-refractivity contribution >= 4 is 21.2 Å². The molecular weight excluding hydrogens is 270 g/mol. The third kappa shape index (κ3) is 3.28. The fourth-order valence-electron chi connectivity index (χ4n) is 2.08. The summed E-state index contributed by atoms with van der Waals surface area (Å²) in [6.45, 7) is 5.17. The Morgan fingerprint density at radius 3 is 2.94 bits per heavy atom. The number of thiazole rings is 1. The summed E-state index contributed by atoms with van der Waals surface area (Å²) < 4.78 is 23.0. The van der Waals surface area contributed by atoms with Gasteiger partial charge in [0.1, 0.15) is 5.01 Å². The second-order valence-electron chi connectivity index (χ2n) is 4.90. The van der Waals surface area contributed by atoms with Gasteiger partial charge in [0.05, 0.1) is 23.2 Å². The van der Waals surface area contributed by atoms with Crippen LogP contribution in [0.5, 0.6) is 0 Å². The van der Waals surface area contributed by atoms with E-state index in [4.69, 9.17) is 5.73 Å². The second kappa shape index (κ2) is 5.24. The minimum atomic E-state index is -2.84. The van der Waals surface area contributed by atoms with E-state index in [1.807, 2.05) is 19.2 Å². The van der Waals surface area contributed by atoms with Crippen LogP contribution >= 0.6 is 11.3 Å². The Labute approximate surface area is 112 Å². The van der Waals surface area contributed by atoms with Crippen LogP contribution in [0.2, 0.25) is 0 Å². The lowest BCUT2D eigenvalue weighted by molar-refractivity contribution is 0.216.